The Kier molecular flexibility index (Phi) is 4.99. The van der Waals surface area contributed by atoms with E-state index in [-0.39, 0.29) is 5.82 Å². The second kappa shape index (κ2) is 7.56. The lowest BCUT2D eigenvalue weighted by Gasteiger charge is -2.07. The molecule has 0 amide bonds. The zero-order chi connectivity index (χ0) is 18.8. The van der Waals surface area contributed by atoms with Gasteiger partial charge in [0.15, 0.2) is 16.6 Å². The molecule has 0 aliphatic carbocycles. The van der Waals surface area contributed by atoms with Crippen molar-refractivity contribution >= 4 is 72.4 Å². The van der Waals surface area contributed by atoms with Crippen molar-refractivity contribution in [1.82, 2.24) is 19.9 Å². The van der Waals surface area contributed by atoms with Gasteiger partial charge in [0.1, 0.15) is 22.7 Å². The number of fused-ring (bicyclic) bond motifs is 1. The first-order valence-electron chi connectivity index (χ1n) is 7.84. The number of halogens is 2. The summed E-state index contributed by atoms with van der Waals surface area (Å²) >= 11 is 3.55. The summed E-state index contributed by atoms with van der Waals surface area (Å²) in [6, 6.07) is 8.43. The van der Waals surface area contributed by atoms with Crippen molar-refractivity contribution in [3.63, 3.8) is 0 Å². The van der Waals surface area contributed by atoms with Gasteiger partial charge in [0, 0.05) is 10.1 Å². The molecule has 0 radical (unpaired) electrons. The van der Waals surface area contributed by atoms with E-state index in [1.807, 2.05) is 6.07 Å². The molecule has 27 heavy (non-hydrogen) atoms. The van der Waals surface area contributed by atoms with E-state index in [0.29, 0.717) is 32.4 Å². The second-order valence-electron chi connectivity index (χ2n) is 5.56. The van der Waals surface area contributed by atoms with Gasteiger partial charge < -0.3 is 16.4 Å². The maximum atomic E-state index is 13.7. The Balaban J connectivity index is 1.64. The average molecular weight is 493 g/mol. The first-order valence-corrected chi connectivity index (χ1v) is 10.2. The van der Waals surface area contributed by atoms with Crippen LogP contribution in [0.5, 0.6) is 0 Å². The van der Waals surface area contributed by atoms with E-state index >= 15 is 0 Å². The van der Waals surface area contributed by atoms with Crippen LogP contribution in [0, 0.1) is 5.82 Å². The third-order valence-electron chi connectivity index (χ3n) is 3.68. The fourth-order valence-corrected chi connectivity index (χ4v) is 3.86. The number of pyridine rings is 1. The Labute approximate surface area is 171 Å². The standard InChI is InChI=1S/C17H13FIN7S/c18-12-3-1-10(5-9(12)6-19)24-15-14-16(23-8-22-15)26-17(27-14)25-11-2-4-13(20)21-7-11/h1-5,7-8H,6H2,(H2,20,21)(H2,22,23,24,25,26). The van der Waals surface area contributed by atoms with Crippen molar-refractivity contribution < 1.29 is 4.39 Å². The zero-order valence-corrected chi connectivity index (χ0v) is 16.8. The Morgan fingerprint density at radius 3 is 2.70 bits per heavy atom. The molecular weight excluding hydrogens is 480 g/mol. The van der Waals surface area contributed by atoms with Gasteiger partial charge in [0.2, 0.25) is 0 Å². The minimum Gasteiger partial charge on any atom is -0.384 e. The van der Waals surface area contributed by atoms with Crippen molar-refractivity contribution in [3.8, 4) is 0 Å². The van der Waals surface area contributed by atoms with Crippen LogP contribution >= 0.6 is 33.9 Å². The third kappa shape index (κ3) is 3.90. The van der Waals surface area contributed by atoms with Crippen LogP contribution in [0.1, 0.15) is 5.56 Å². The summed E-state index contributed by atoms with van der Waals surface area (Å²) < 4.78 is 15.1. The van der Waals surface area contributed by atoms with E-state index in [1.54, 1.807) is 24.4 Å². The Morgan fingerprint density at radius 2 is 1.93 bits per heavy atom. The smallest absolute Gasteiger partial charge is 0.190 e. The van der Waals surface area contributed by atoms with Gasteiger partial charge in [-0.3, -0.25) is 0 Å². The van der Waals surface area contributed by atoms with Gasteiger partial charge in [-0.05, 0) is 35.9 Å². The van der Waals surface area contributed by atoms with E-state index < -0.39 is 0 Å². The van der Waals surface area contributed by atoms with Gasteiger partial charge in [-0.15, -0.1) is 0 Å². The lowest BCUT2D eigenvalue weighted by Crippen LogP contribution is -1.96. The predicted molar refractivity (Wildman–Crippen MR) is 115 cm³/mol. The second-order valence-corrected chi connectivity index (χ2v) is 7.32. The van der Waals surface area contributed by atoms with Crippen molar-refractivity contribution in [3.05, 3.63) is 54.2 Å². The van der Waals surface area contributed by atoms with Crippen LogP contribution < -0.4 is 16.4 Å². The van der Waals surface area contributed by atoms with E-state index in [4.69, 9.17) is 5.73 Å². The first-order chi connectivity index (χ1) is 13.1. The summed E-state index contributed by atoms with van der Waals surface area (Å²) in [5, 5.41) is 7.07. The molecule has 0 saturated carbocycles. The highest BCUT2D eigenvalue weighted by Gasteiger charge is 2.12. The van der Waals surface area contributed by atoms with Gasteiger partial charge in [0.05, 0.1) is 11.9 Å². The number of nitrogens with zero attached hydrogens (tertiary/aromatic N) is 4. The van der Waals surface area contributed by atoms with Crippen LogP contribution in [0.15, 0.2) is 42.9 Å². The molecule has 0 unspecified atom stereocenters. The molecule has 7 nitrogen and oxygen atoms in total. The summed E-state index contributed by atoms with van der Waals surface area (Å²) in [5.41, 5.74) is 8.34. The number of thiazole rings is 1. The van der Waals surface area contributed by atoms with Crippen LogP contribution in [-0.2, 0) is 4.43 Å². The lowest BCUT2D eigenvalue weighted by molar-refractivity contribution is 0.618. The average Bonchev–Trinajstić information content (AvgIpc) is 3.08. The number of alkyl halides is 1. The topological polar surface area (TPSA) is 102 Å². The fraction of sp³-hybridized carbons (Fsp3) is 0.0588. The van der Waals surface area contributed by atoms with Gasteiger partial charge in [-0.2, -0.15) is 4.98 Å². The fourth-order valence-electron chi connectivity index (χ4n) is 2.39. The highest BCUT2D eigenvalue weighted by Crippen LogP contribution is 2.33. The SMILES string of the molecule is Nc1ccc(Nc2nc3ncnc(Nc4ccc(F)c(CI)c4)c3s2)cn1. The quantitative estimate of drug-likeness (QED) is 0.275. The molecule has 4 aromatic rings. The summed E-state index contributed by atoms with van der Waals surface area (Å²) in [4.78, 5) is 17.1. The third-order valence-corrected chi connectivity index (χ3v) is 5.47. The molecule has 0 bridgehead atoms. The van der Waals surface area contributed by atoms with Crippen LogP contribution in [0.2, 0.25) is 0 Å². The van der Waals surface area contributed by atoms with Gasteiger partial charge >= 0.3 is 0 Å². The molecule has 0 fully saturated rings. The molecule has 0 aliphatic rings. The number of benzene rings is 1. The molecule has 136 valence electrons. The van der Waals surface area contributed by atoms with Gasteiger partial charge in [-0.25, -0.2) is 19.3 Å². The molecule has 3 aromatic heterocycles. The van der Waals surface area contributed by atoms with E-state index in [9.17, 15) is 4.39 Å². The molecule has 0 saturated heterocycles. The normalized spacial score (nSPS) is 10.9. The van der Waals surface area contributed by atoms with E-state index in [2.05, 4.69) is 53.2 Å². The molecule has 0 spiro atoms. The molecule has 1 aromatic carbocycles. The molecule has 4 N–H and O–H groups in total. The van der Waals surface area contributed by atoms with Crippen LogP contribution in [0.4, 0.5) is 32.5 Å². The summed E-state index contributed by atoms with van der Waals surface area (Å²) in [5.74, 6) is 0.850. The van der Waals surface area contributed by atoms with Crippen molar-refractivity contribution in [2.45, 2.75) is 4.43 Å². The Morgan fingerprint density at radius 1 is 1.07 bits per heavy atom. The van der Waals surface area contributed by atoms with E-state index in [0.717, 1.165) is 16.1 Å². The summed E-state index contributed by atoms with van der Waals surface area (Å²) in [6.45, 7) is 0. The number of hydrogen-bond donors (Lipinski definition) is 3. The molecule has 4 rings (SSSR count). The molecule has 0 aliphatic heterocycles. The zero-order valence-electron chi connectivity index (χ0n) is 13.8. The predicted octanol–water partition coefficient (Wildman–Crippen LogP) is 4.62. The number of rotatable bonds is 5. The van der Waals surface area contributed by atoms with Crippen LogP contribution in [-0.4, -0.2) is 19.9 Å². The van der Waals surface area contributed by atoms with Crippen LogP contribution in [0.3, 0.4) is 0 Å². The van der Waals surface area contributed by atoms with Gasteiger partial charge in [-0.1, -0.05) is 33.9 Å². The monoisotopic (exact) mass is 493 g/mol. The lowest BCUT2D eigenvalue weighted by atomic mass is 10.2. The van der Waals surface area contributed by atoms with Crippen molar-refractivity contribution in [2.75, 3.05) is 16.4 Å². The minimum absolute atomic E-state index is 0.218. The number of anilines is 5. The number of hydrogen-bond acceptors (Lipinski definition) is 8. The van der Waals surface area contributed by atoms with Gasteiger partial charge in [0.25, 0.3) is 0 Å². The highest BCUT2D eigenvalue weighted by molar-refractivity contribution is 14.1. The molecule has 10 heteroatoms. The first kappa shape index (κ1) is 17.8. The van der Waals surface area contributed by atoms with Crippen molar-refractivity contribution in [2.24, 2.45) is 0 Å². The maximum absolute atomic E-state index is 13.7. The summed E-state index contributed by atoms with van der Waals surface area (Å²) in [6.07, 6.45) is 3.08. The Bertz CT molecular complexity index is 1100. The minimum atomic E-state index is -0.218. The summed E-state index contributed by atoms with van der Waals surface area (Å²) in [7, 11) is 0. The number of nitrogen functional groups attached to an aromatic ring is 1. The molecule has 0 atom stereocenters. The number of nitrogens with one attached hydrogen (secondary N) is 2. The van der Waals surface area contributed by atoms with Crippen molar-refractivity contribution in [1.29, 1.82) is 0 Å². The molecular formula is C17H13FIN7S. The maximum Gasteiger partial charge on any atom is 0.190 e. The number of nitrogens with two attached hydrogens (primary N) is 1. The largest absolute Gasteiger partial charge is 0.384 e. The Hall–Kier alpha value is -2.60. The molecule has 3 heterocycles. The number of aromatic nitrogens is 4. The van der Waals surface area contributed by atoms with Crippen LogP contribution in [0.25, 0.3) is 10.3 Å². The van der Waals surface area contributed by atoms with E-state index in [1.165, 1.54) is 23.7 Å². The highest BCUT2D eigenvalue weighted by atomic mass is 127.